The van der Waals surface area contributed by atoms with Crippen LogP contribution in [-0.2, 0) is 0 Å². The summed E-state index contributed by atoms with van der Waals surface area (Å²) in [5.41, 5.74) is 2.71. The summed E-state index contributed by atoms with van der Waals surface area (Å²) >= 11 is 0. The SMILES string of the molecule is CCNC(=NCC(C)c1cccc(C)c1)N1CCC(N2CCCC2)C1.I. The number of likely N-dealkylation sites (tertiary alicyclic amines) is 2. The van der Waals surface area contributed by atoms with Gasteiger partial charge in [0.1, 0.15) is 0 Å². The number of benzene rings is 1. The second-order valence-electron chi connectivity index (χ2n) is 7.64. The van der Waals surface area contributed by atoms with E-state index in [1.54, 1.807) is 0 Å². The number of guanidine groups is 1. The lowest BCUT2D eigenvalue weighted by Crippen LogP contribution is -2.42. The highest BCUT2D eigenvalue weighted by Gasteiger charge is 2.30. The fourth-order valence-corrected chi connectivity index (χ4v) is 4.07. The predicted octanol–water partition coefficient (Wildman–Crippen LogP) is 3.85. The summed E-state index contributed by atoms with van der Waals surface area (Å²) in [5.74, 6) is 1.55. The molecular weight excluding hydrogens is 435 g/mol. The number of halogens is 1. The minimum atomic E-state index is 0. The molecule has 1 aromatic carbocycles. The molecule has 3 rings (SSSR count). The number of hydrogen-bond acceptors (Lipinski definition) is 2. The van der Waals surface area contributed by atoms with Gasteiger partial charge >= 0.3 is 0 Å². The van der Waals surface area contributed by atoms with Crippen molar-refractivity contribution < 1.29 is 0 Å². The molecule has 4 nitrogen and oxygen atoms in total. The Balaban J connectivity index is 0.00000243. The molecule has 0 bridgehead atoms. The summed E-state index contributed by atoms with van der Waals surface area (Å²) in [4.78, 5) is 10.1. The lowest BCUT2D eigenvalue weighted by atomic mass is 10.00. The summed E-state index contributed by atoms with van der Waals surface area (Å²) < 4.78 is 0. The van der Waals surface area contributed by atoms with Gasteiger partial charge in [-0.1, -0.05) is 36.8 Å². The van der Waals surface area contributed by atoms with Gasteiger partial charge in [-0.15, -0.1) is 24.0 Å². The summed E-state index contributed by atoms with van der Waals surface area (Å²) in [6.07, 6.45) is 4.02. The van der Waals surface area contributed by atoms with Crippen molar-refractivity contribution in [1.82, 2.24) is 15.1 Å². The molecule has 0 radical (unpaired) electrons. The van der Waals surface area contributed by atoms with Crippen molar-refractivity contribution in [1.29, 1.82) is 0 Å². The Labute approximate surface area is 176 Å². The first kappa shape index (κ1) is 21.5. The van der Waals surface area contributed by atoms with Crippen molar-refractivity contribution in [2.45, 2.75) is 52.0 Å². The lowest BCUT2D eigenvalue weighted by Gasteiger charge is -2.25. The topological polar surface area (TPSA) is 30.9 Å². The molecule has 0 aliphatic carbocycles. The van der Waals surface area contributed by atoms with Crippen LogP contribution >= 0.6 is 24.0 Å². The van der Waals surface area contributed by atoms with Gasteiger partial charge in [0.05, 0.1) is 0 Å². The molecule has 26 heavy (non-hydrogen) atoms. The zero-order chi connectivity index (χ0) is 17.6. The van der Waals surface area contributed by atoms with Gasteiger partial charge in [0.15, 0.2) is 5.96 Å². The fourth-order valence-electron chi connectivity index (χ4n) is 4.07. The third-order valence-electron chi connectivity index (χ3n) is 5.58. The second-order valence-corrected chi connectivity index (χ2v) is 7.64. The fraction of sp³-hybridized carbons (Fsp3) is 0.667. The maximum absolute atomic E-state index is 4.98. The van der Waals surface area contributed by atoms with E-state index in [0.29, 0.717) is 5.92 Å². The highest BCUT2D eigenvalue weighted by Crippen LogP contribution is 2.21. The second kappa shape index (κ2) is 10.5. The van der Waals surface area contributed by atoms with Gasteiger partial charge in [0.2, 0.25) is 0 Å². The third kappa shape index (κ3) is 5.59. The van der Waals surface area contributed by atoms with Gasteiger partial charge in [0.25, 0.3) is 0 Å². The summed E-state index contributed by atoms with van der Waals surface area (Å²) in [6, 6.07) is 9.54. The number of nitrogens with one attached hydrogen (secondary N) is 1. The van der Waals surface area contributed by atoms with Gasteiger partial charge in [-0.05, 0) is 51.8 Å². The Hall–Kier alpha value is -0.820. The van der Waals surface area contributed by atoms with E-state index in [-0.39, 0.29) is 24.0 Å². The highest BCUT2D eigenvalue weighted by molar-refractivity contribution is 14.0. The summed E-state index contributed by atoms with van der Waals surface area (Å²) in [5, 5.41) is 3.51. The van der Waals surface area contributed by atoms with E-state index in [0.717, 1.165) is 38.2 Å². The first-order chi connectivity index (χ1) is 12.2. The molecule has 2 heterocycles. The molecule has 5 heteroatoms. The first-order valence-corrected chi connectivity index (χ1v) is 10.0. The molecule has 2 aliphatic heterocycles. The molecule has 2 fully saturated rings. The average molecular weight is 470 g/mol. The summed E-state index contributed by atoms with van der Waals surface area (Å²) in [6.45, 7) is 13.2. The van der Waals surface area contributed by atoms with Crippen LogP contribution in [0.2, 0.25) is 0 Å². The van der Waals surface area contributed by atoms with E-state index < -0.39 is 0 Å². The summed E-state index contributed by atoms with van der Waals surface area (Å²) in [7, 11) is 0. The van der Waals surface area contributed by atoms with Crippen LogP contribution in [0.25, 0.3) is 0 Å². The van der Waals surface area contributed by atoms with Gasteiger partial charge in [-0.2, -0.15) is 0 Å². The van der Waals surface area contributed by atoms with Crippen molar-refractivity contribution >= 4 is 29.9 Å². The van der Waals surface area contributed by atoms with Crippen LogP contribution in [0, 0.1) is 6.92 Å². The van der Waals surface area contributed by atoms with Gasteiger partial charge in [-0.25, -0.2) is 0 Å². The molecule has 2 aliphatic rings. The van der Waals surface area contributed by atoms with Crippen molar-refractivity contribution in [2.24, 2.45) is 4.99 Å². The van der Waals surface area contributed by atoms with Gasteiger partial charge in [-0.3, -0.25) is 9.89 Å². The zero-order valence-electron chi connectivity index (χ0n) is 16.6. The standard InChI is InChI=1S/C21H34N4.HI/c1-4-22-21(23-15-18(3)19-9-7-8-17(2)14-19)25-13-10-20(16-25)24-11-5-6-12-24;/h7-9,14,18,20H,4-6,10-13,15-16H2,1-3H3,(H,22,23);1H. The normalized spacial score (nSPS) is 22.3. The molecule has 0 aromatic heterocycles. The Kier molecular flexibility index (Phi) is 8.67. The number of aliphatic imine (C=N–C) groups is 1. The number of hydrogen-bond donors (Lipinski definition) is 1. The minimum Gasteiger partial charge on any atom is -0.357 e. The molecule has 2 atom stereocenters. The van der Waals surface area contributed by atoms with Crippen molar-refractivity contribution in [3.63, 3.8) is 0 Å². The van der Waals surface area contributed by atoms with E-state index in [1.807, 2.05) is 0 Å². The maximum Gasteiger partial charge on any atom is 0.193 e. The lowest BCUT2D eigenvalue weighted by molar-refractivity contribution is 0.249. The Morgan fingerprint density at radius 1 is 1.27 bits per heavy atom. The quantitative estimate of drug-likeness (QED) is 0.403. The van der Waals surface area contributed by atoms with Crippen molar-refractivity contribution in [3.8, 4) is 0 Å². The molecule has 0 saturated carbocycles. The Morgan fingerprint density at radius 3 is 2.73 bits per heavy atom. The molecule has 2 unspecified atom stereocenters. The molecule has 1 N–H and O–H groups in total. The van der Waals surface area contributed by atoms with Crippen molar-refractivity contribution in [3.05, 3.63) is 35.4 Å². The molecular formula is C21H35IN4. The Bertz CT molecular complexity index is 583. The minimum absolute atomic E-state index is 0. The van der Waals surface area contributed by atoms with E-state index in [2.05, 4.69) is 60.2 Å². The van der Waals surface area contributed by atoms with Crippen LogP contribution in [0.4, 0.5) is 0 Å². The van der Waals surface area contributed by atoms with E-state index in [1.165, 1.54) is 43.5 Å². The Morgan fingerprint density at radius 2 is 2.04 bits per heavy atom. The number of nitrogens with zero attached hydrogens (tertiary/aromatic N) is 3. The third-order valence-corrected chi connectivity index (χ3v) is 5.58. The smallest absolute Gasteiger partial charge is 0.193 e. The largest absolute Gasteiger partial charge is 0.357 e. The van der Waals surface area contributed by atoms with Crippen LogP contribution in [-0.4, -0.2) is 61.1 Å². The van der Waals surface area contributed by atoms with Gasteiger partial charge < -0.3 is 10.2 Å². The van der Waals surface area contributed by atoms with E-state index >= 15 is 0 Å². The predicted molar refractivity (Wildman–Crippen MR) is 122 cm³/mol. The zero-order valence-corrected chi connectivity index (χ0v) is 18.9. The van der Waals surface area contributed by atoms with E-state index in [9.17, 15) is 0 Å². The van der Waals surface area contributed by atoms with Crippen LogP contribution in [0.3, 0.4) is 0 Å². The monoisotopic (exact) mass is 470 g/mol. The molecule has 1 aromatic rings. The molecule has 0 amide bonds. The molecule has 2 saturated heterocycles. The number of rotatable bonds is 5. The van der Waals surface area contributed by atoms with Crippen molar-refractivity contribution in [2.75, 3.05) is 39.3 Å². The van der Waals surface area contributed by atoms with Crippen LogP contribution in [0.5, 0.6) is 0 Å². The molecule has 0 spiro atoms. The van der Waals surface area contributed by atoms with Gasteiger partial charge in [0, 0.05) is 38.1 Å². The van der Waals surface area contributed by atoms with Crippen LogP contribution < -0.4 is 5.32 Å². The first-order valence-electron chi connectivity index (χ1n) is 10.0. The van der Waals surface area contributed by atoms with Crippen LogP contribution in [0.1, 0.15) is 50.2 Å². The highest BCUT2D eigenvalue weighted by atomic mass is 127. The maximum atomic E-state index is 4.98. The number of aryl methyl sites for hydroxylation is 1. The van der Waals surface area contributed by atoms with Crippen LogP contribution in [0.15, 0.2) is 29.3 Å². The van der Waals surface area contributed by atoms with E-state index in [4.69, 9.17) is 4.99 Å². The average Bonchev–Trinajstić information content (AvgIpc) is 3.29. The molecule has 146 valence electrons.